The molecule has 8 heteroatoms. The first-order valence-electron chi connectivity index (χ1n) is 7.59. The molecule has 0 aromatic heterocycles. The van der Waals surface area contributed by atoms with Gasteiger partial charge < -0.3 is 10.6 Å². The summed E-state index contributed by atoms with van der Waals surface area (Å²) in [5.41, 5.74) is 1.08. The minimum Gasteiger partial charge on any atom is -0.325 e. The number of halogens is 2. The van der Waals surface area contributed by atoms with Gasteiger partial charge in [0.05, 0.1) is 10.0 Å². The molecule has 0 bridgehead atoms. The first kappa shape index (κ1) is 18.0. The fraction of sp³-hybridized carbons (Fsp3) is 0.0556. The molecule has 1 aliphatic rings. The maximum atomic E-state index is 12.4. The van der Waals surface area contributed by atoms with Crippen LogP contribution in [0.2, 0.25) is 10.0 Å². The summed E-state index contributed by atoms with van der Waals surface area (Å²) >= 11 is 12.0. The molecule has 2 aromatic carbocycles. The number of amides is 4. The quantitative estimate of drug-likeness (QED) is 0.620. The monoisotopic (exact) mass is 389 g/mol. The van der Waals surface area contributed by atoms with Gasteiger partial charge in [-0.05, 0) is 29.8 Å². The van der Waals surface area contributed by atoms with E-state index >= 15 is 0 Å². The number of rotatable bonds is 4. The average Bonchev–Trinajstić information content (AvgIpc) is 2.87. The summed E-state index contributed by atoms with van der Waals surface area (Å²) in [5.74, 6) is -1.10. The van der Waals surface area contributed by atoms with Crippen LogP contribution >= 0.6 is 23.2 Å². The van der Waals surface area contributed by atoms with Gasteiger partial charge in [-0.25, -0.2) is 9.69 Å². The van der Waals surface area contributed by atoms with Crippen molar-refractivity contribution in [1.82, 2.24) is 10.2 Å². The molecule has 1 heterocycles. The van der Waals surface area contributed by atoms with Gasteiger partial charge in [0, 0.05) is 5.69 Å². The average molecular weight is 390 g/mol. The number of hydrogen-bond acceptors (Lipinski definition) is 3. The van der Waals surface area contributed by atoms with Crippen LogP contribution in [-0.4, -0.2) is 29.3 Å². The highest BCUT2D eigenvalue weighted by molar-refractivity contribution is 6.43. The van der Waals surface area contributed by atoms with Crippen molar-refractivity contribution in [2.45, 2.75) is 0 Å². The van der Waals surface area contributed by atoms with Crippen molar-refractivity contribution in [3.63, 3.8) is 0 Å². The molecule has 3 rings (SSSR count). The standard InChI is InChI=1S/C18H13Cl2N3O3/c19-13-8-4-5-11(16(13)20)9-14-17(25)23(18(26)22-14)10-15(24)21-12-6-2-1-3-7-12/h1-9H,10H2,(H,21,24)(H,22,26)/b14-9-. The molecule has 0 atom stereocenters. The molecular formula is C18H13Cl2N3O3. The van der Waals surface area contributed by atoms with Crippen LogP contribution in [0.4, 0.5) is 10.5 Å². The van der Waals surface area contributed by atoms with E-state index in [9.17, 15) is 14.4 Å². The number of anilines is 1. The van der Waals surface area contributed by atoms with Crippen molar-refractivity contribution in [1.29, 1.82) is 0 Å². The highest BCUT2D eigenvalue weighted by Gasteiger charge is 2.35. The van der Waals surface area contributed by atoms with Gasteiger partial charge in [0.15, 0.2) is 0 Å². The Balaban J connectivity index is 1.73. The van der Waals surface area contributed by atoms with Gasteiger partial charge in [0.25, 0.3) is 5.91 Å². The van der Waals surface area contributed by atoms with E-state index in [0.29, 0.717) is 16.3 Å². The molecule has 0 aliphatic carbocycles. The van der Waals surface area contributed by atoms with E-state index in [1.807, 2.05) is 6.07 Å². The van der Waals surface area contributed by atoms with E-state index in [0.717, 1.165) is 4.90 Å². The number of nitrogens with zero attached hydrogens (tertiary/aromatic N) is 1. The molecule has 2 aromatic rings. The van der Waals surface area contributed by atoms with E-state index in [1.165, 1.54) is 6.08 Å². The van der Waals surface area contributed by atoms with Crippen LogP contribution in [0.3, 0.4) is 0 Å². The van der Waals surface area contributed by atoms with Gasteiger partial charge >= 0.3 is 6.03 Å². The Morgan fingerprint density at radius 1 is 1.08 bits per heavy atom. The molecule has 6 nitrogen and oxygen atoms in total. The molecule has 4 amide bonds. The summed E-state index contributed by atoms with van der Waals surface area (Å²) in [6, 6.07) is 13.0. The number of urea groups is 1. The predicted molar refractivity (Wildman–Crippen MR) is 99.8 cm³/mol. The predicted octanol–water partition coefficient (Wildman–Crippen LogP) is 3.52. The van der Waals surface area contributed by atoms with Crippen molar-refractivity contribution < 1.29 is 14.4 Å². The first-order valence-corrected chi connectivity index (χ1v) is 8.35. The lowest BCUT2D eigenvalue weighted by atomic mass is 10.2. The molecule has 0 spiro atoms. The van der Waals surface area contributed by atoms with Crippen molar-refractivity contribution in [3.8, 4) is 0 Å². The Morgan fingerprint density at radius 3 is 2.54 bits per heavy atom. The van der Waals surface area contributed by atoms with Gasteiger partial charge in [-0.1, -0.05) is 53.5 Å². The number of nitrogens with one attached hydrogen (secondary N) is 2. The van der Waals surface area contributed by atoms with Gasteiger partial charge in [-0.3, -0.25) is 9.59 Å². The molecule has 1 aliphatic heterocycles. The Morgan fingerprint density at radius 2 is 1.81 bits per heavy atom. The Hall–Kier alpha value is -2.83. The maximum absolute atomic E-state index is 12.4. The third kappa shape index (κ3) is 3.87. The van der Waals surface area contributed by atoms with Crippen molar-refractivity contribution in [2.75, 3.05) is 11.9 Å². The van der Waals surface area contributed by atoms with Crippen LogP contribution in [0.1, 0.15) is 5.56 Å². The Kier molecular flexibility index (Phi) is 5.25. The lowest BCUT2D eigenvalue weighted by molar-refractivity contribution is -0.127. The topological polar surface area (TPSA) is 78.5 Å². The van der Waals surface area contributed by atoms with Gasteiger partial charge in [0.1, 0.15) is 12.2 Å². The van der Waals surface area contributed by atoms with Gasteiger partial charge in [-0.2, -0.15) is 0 Å². The van der Waals surface area contributed by atoms with E-state index in [2.05, 4.69) is 10.6 Å². The highest BCUT2D eigenvalue weighted by atomic mass is 35.5. The number of hydrogen-bond donors (Lipinski definition) is 2. The Bertz CT molecular complexity index is 913. The summed E-state index contributed by atoms with van der Waals surface area (Å²) in [7, 11) is 0. The van der Waals surface area contributed by atoms with Crippen molar-refractivity contribution in [2.24, 2.45) is 0 Å². The van der Waals surface area contributed by atoms with Crippen LogP contribution in [0.15, 0.2) is 54.2 Å². The lowest BCUT2D eigenvalue weighted by Gasteiger charge is -2.11. The maximum Gasteiger partial charge on any atom is 0.329 e. The molecule has 2 N–H and O–H groups in total. The first-order chi connectivity index (χ1) is 12.5. The van der Waals surface area contributed by atoms with Crippen molar-refractivity contribution in [3.05, 3.63) is 69.8 Å². The normalized spacial score (nSPS) is 15.3. The fourth-order valence-corrected chi connectivity index (χ4v) is 2.73. The molecule has 132 valence electrons. The zero-order valence-electron chi connectivity index (χ0n) is 13.3. The van der Waals surface area contributed by atoms with E-state index in [-0.39, 0.29) is 10.7 Å². The molecule has 1 fully saturated rings. The summed E-state index contributed by atoms with van der Waals surface area (Å²) in [4.78, 5) is 37.4. The molecule has 1 saturated heterocycles. The second-order valence-corrected chi connectivity index (χ2v) is 6.22. The van der Waals surface area contributed by atoms with Gasteiger partial charge in [-0.15, -0.1) is 0 Å². The number of imide groups is 1. The zero-order chi connectivity index (χ0) is 18.7. The SMILES string of the molecule is O=C(CN1C(=O)N/C(=C\c2cccc(Cl)c2Cl)C1=O)Nc1ccccc1. The molecular weight excluding hydrogens is 377 g/mol. The zero-order valence-corrected chi connectivity index (χ0v) is 14.8. The minimum atomic E-state index is -0.678. The molecule has 0 radical (unpaired) electrons. The second-order valence-electron chi connectivity index (χ2n) is 5.44. The number of carbonyl (C=O) groups is 3. The summed E-state index contributed by atoms with van der Waals surface area (Å²) < 4.78 is 0. The summed E-state index contributed by atoms with van der Waals surface area (Å²) in [6.45, 7) is -0.403. The van der Waals surface area contributed by atoms with E-state index in [1.54, 1.807) is 42.5 Å². The van der Waals surface area contributed by atoms with Crippen LogP contribution < -0.4 is 10.6 Å². The van der Waals surface area contributed by atoms with Crippen LogP contribution in [-0.2, 0) is 9.59 Å². The van der Waals surface area contributed by atoms with Crippen molar-refractivity contribution >= 4 is 52.8 Å². The third-order valence-electron chi connectivity index (χ3n) is 3.60. The van der Waals surface area contributed by atoms with Gasteiger partial charge in [0.2, 0.25) is 5.91 Å². The minimum absolute atomic E-state index is 0.0201. The summed E-state index contributed by atoms with van der Waals surface area (Å²) in [6.07, 6.45) is 1.42. The number of benzene rings is 2. The highest BCUT2D eigenvalue weighted by Crippen LogP contribution is 2.27. The fourth-order valence-electron chi connectivity index (χ4n) is 2.37. The van der Waals surface area contributed by atoms with E-state index in [4.69, 9.17) is 23.2 Å². The number of carbonyl (C=O) groups excluding carboxylic acids is 3. The largest absolute Gasteiger partial charge is 0.329 e. The van der Waals surface area contributed by atoms with Crippen LogP contribution in [0.25, 0.3) is 6.08 Å². The smallest absolute Gasteiger partial charge is 0.325 e. The lowest BCUT2D eigenvalue weighted by Crippen LogP contribution is -2.38. The summed E-state index contributed by atoms with van der Waals surface area (Å²) in [5, 5.41) is 5.65. The molecule has 0 saturated carbocycles. The van der Waals surface area contributed by atoms with Crippen LogP contribution in [0.5, 0.6) is 0 Å². The molecule has 26 heavy (non-hydrogen) atoms. The van der Waals surface area contributed by atoms with Crippen LogP contribution in [0, 0.1) is 0 Å². The second kappa shape index (κ2) is 7.59. The third-order valence-corrected chi connectivity index (χ3v) is 4.44. The van der Waals surface area contributed by atoms with E-state index < -0.39 is 24.4 Å². The molecule has 0 unspecified atom stereocenters. The Labute approximate surface area is 159 Å². The number of para-hydroxylation sites is 1.